The summed E-state index contributed by atoms with van der Waals surface area (Å²) >= 11 is 5.85. The van der Waals surface area contributed by atoms with Crippen molar-refractivity contribution in [2.75, 3.05) is 24.4 Å². The zero-order chi connectivity index (χ0) is 18.9. The van der Waals surface area contributed by atoms with Gasteiger partial charge in [0.25, 0.3) is 10.0 Å². The van der Waals surface area contributed by atoms with Crippen molar-refractivity contribution in [3.63, 3.8) is 0 Å². The molecule has 27 heavy (non-hydrogen) atoms. The zero-order valence-corrected chi connectivity index (χ0v) is 16.3. The Morgan fingerprint density at radius 2 is 1.81 bits per heavy atom. The molecule has 2 aromatic carbocycles. The van der Waals surface area contributed by atoms with Gasteiger partial charge in [0, 0.05) is 16.3 Å². The van der Waals surface area contributed by atoms with E-state index in [1.165, 1.54) is 17.7 Å². The van der Waals surface area contributed by atoms with Gasteiger partial charge in [-0.3, -0.25) is 4.72 Å². The first-order valence-electron chi connectivity index (χ1n) is 8.99. The first kappa shape index (κ1) is 18.3. The Kier molecular flexibility index (Phi) is 5.12. The van der Waals surface area contributed by atoms with Gasteiger partial charge in [0.1, 0.15) is 12.4 Å². The average molecular weight is 405 g/mol. The normalized spacial score (nSPS) is 17.6. The van der Waals surface area contributed by atoms with Crippen LogP contribution < -0.4 is 14.8 Å². The molecule has 0 atom stereocenters. The van der Waals surface area contributed by atoms with Crippen LogP contribution in [0.3, 0.4) is 0 Å². The van der Waals surface area contributed by atoms with Crippen molar-refractivity contribution < 1.29 is 13.2 Å². The first-order valence-corrected chi connectivity index (χ1v) is 10.9. The highest BCUT2D eigenvalue weighted by Gasteiger charge is 2.24. The number of anilines is 1. The van der Waals surface area contributed by atoms with E-state index < -0.39 is 10.0 Å². The molecule has 1 fully saturated rings. The minimum atomic E-state index is -3.68. The van der Waals surface area contributed by atoms with E-state index in [-0.39, 0.29) is 4.90 Å². The maximum Gasteiger partial charge on any atom is 0.261 e. The number of allylic oxidation sites excluding steroid dienone is 1. The van der Waals surface area contributed by atoms with Gasteiger partial charge in [0.15, 0.2) is 0 Å². The van der Waals surface area contributed by atoms with Gasteiger partial charge < -0.3 is 10.1 Å². The lowest BCUT2D eigenvalue weighted by atomic mass is 9.84. The predicted molar refractivity (Wildman–Crippen MR) is 108 cm³/mol. The molecule has 0 amide bonds. The summed E-state index contributed by atoms with van der Waals surface area (Å²) in [7, 11) is -3.68. The molecule has 0 bridgehead atoms. The second-order valence-electron chi connectivity index (χ2n) is 6.77. The number of rotatable bonds is 4. The quantitative estimate of drug-likeness (QED) is 0.810. The fourth-order valence-electron chi connectivity index (χ4n) is 3.62. The van der Waals surface area contributed by atoms with Crippen molar-refractivity contribution in [1.29, 1.82) is 0 Å². The number of hydrogen-bond acceptors (Lipinski definition) is 4. The van der Waals surface area contributed by atoms with E-state index in [4.69, 9.17) is 16.3 Å². The van der Waals surface area contributed by atoms with Gasteiger partial charge in [-0.1, -0.05) is 11.6 Å². The Balaban J connectivity index is 1.62. The van der Waals surface area contributed by atoms with E-state index in [2.05, 4.69) is 16.1 Å². The van der Waals surface area contributed by atoms with Crippen LogP contribution in [0.1, 0.15) is 18.4 Å². The minimum absolute atomic E-state index is 0.176. The topological polar surface area (TPSA) is 67.4 Å². The Morgan fingerprint density at radius 3 is 2.56 bits per heavy atom. The number of benzene rings is 2. The second-order valence-corrected chi connectivity index (χ2v) is 8.88. The molecular formula is C20H21ClN2O3S. The summed E-state index contributed by atoms with van der Waals surface area (Å²) in [5.41, 5.74) is 2.75. The molecule has 5 nitrogen and oxygen atoms in total. The van der Waals surface area contributed by atoms with Crippen molar-refractivity contribution >= 4 is 32.9 Å². The van der Waals surface area contributed by atoms with Crippen LogP contribution in [0, 0.1) is 5.92 Å². The monoisotopic (exact) mass is 404 g/mol. The molecule has 2 aliphatic heterocycles. The molecule has 0 spiro atoms. The molecule has 0 aliphatic carbocycles. The number of nitrogens with one attached hydrogen (secondary N) is 2. The molecule has 4 rings (SSSR count). The molecular weight excluding hydrogens is 384 g/mol. The highest BCUT2D eigenvalue weighted by molar-refractivity contribution is 7.92. The number of halogens is 1. The lowest BCUT2D eigenvalue weighted by Gasteiger charge is -2.29. The van der Waals surface area contributed by atoms with Crippen LogP contribution in [-0.2, 0) is 10.0 Å². The Labute approximate surface area is 164 Å². The predicted octanol–water partition coefficient (Wildman–Crippen LogP) is 3.92. The third kappa shape index (κ3) is 3.98. The van der Waals surface area contributed by atoms with Crippen molar-refractivity contribution in [3.05, 3.63) is 59.1 Å². The summed E-state index contributed by atoms with van der Waals surface area (Å²) in [5, 5.41) is 3.88. The summed E-state index contributed by atoms with van der Waals surface area (Å²) < 4.78 is 33.7. The molecule has 142 valence electrons. The first-order chi connectivity index (χ1) is 13.0. The smallest absolute Gasteiger partial charge is 0.261 e. The van der Waals surface area contributed by atoms with Crippen molar-refractivity contribution in [2.24, 2.45) is 5.92 Å². The van der Waals surface area contributed by atoms with Crippen LogP contribution in [0.4, 0.5) is 5.69 Å². The van der Waals surface area contributed by atoms with E-state index in [1.54, 1.807) is 18.2 Å². The number of hydrogen-bond donors (Lipinski definition) is 2. The third-order valence-electron chi connectivity index (χ3n) is 4.99. The van der Waals surface area contributed by atoms with Crippen molar-refractivity contribution in [2.45, 2.75) is 17.7 Å². The van der Waals surface area contributed by atoms with E-state index in [0.29, 0.717) is 23.2 Å². The van der Waals surface area contributed by atoms with E-state index >= 15 is 0 Å². The fourth-order valence-corrected chi connectivity index (χ4v) is 4.80. The highest BCUT2D eigenvalue weighted by atomic mass is 35.5. The molecule has 2 aliphatic rings. The zero-order valence-electron chi connectivity index (χ0n) is 14.7. The van der Waals surface area contributed by atoms with Gasteiger partial charge >= 0.3 is 0 Å². The lowest BCUT2D eigenvalue weighted by Crippen LogP contribution is -2.29. The standard InChI is InChI=1S/C20H21ClN2O3S/c21-15-1-4-17(5-2-15)27(24,25)23-16-3-6-20-19(13-16)18(9-12-26-20)14-7-10-22-11-8-14/h1-6,9,13-14,22-23H,7-8,10-12H2. The SMILES string of the molecule is O=S(=O)(Nc1ccc2c(c1)C(C1CCNCC1)=CCO2)c1ccc(Cl)cc1. The Morgan fingerprint density at radius 1 is 1.07 bits per heavy atom. The van der Waals surface area contributed by atoms with E-state index in [0.717, 1.165) is 37.2 Å². The maximum atomic E-state index is 12.7. The maximum absolute atomic E-state index is 12.7. The molecule has 0 aromatic heterocycles. The highest BCUT2D eigenvalue weighted by Crippen LogP contribution is 2.39. The molecule has 7 heteroatoms. The molecule has 2 aromatic rings. The minimum Gasteiger partial charge on any atom is -0.489 e. The fraction of sp³-hybridized carbons (Fsp3) is 0.300. The van der Waals surface area contributed by atoms with Crippen molar-refractivity contribution in [3.8, 4) is 5.75 Å². The summed E-state index contributed by atoms with van der Waals surface area (Å²) in [4.78, 5) is 0.176. The van der Waals surface area contributed by atoms with Crippen LogP contribution in [-0.4, -0.2) is 28.1 Å². The van der Waals surface area contributed by atoms with Crippen LogP contribution in [0.2, 0.25) is 5.02 Å². The number of sulfonamides is 1. The molecule has 0 saturated carbocycles. The summed E-state index contributed by atoms with van der Waals surface area (Å²) in [6.07, 6.45) is 4.27. The van der Waals surface area contributed by atoms with Crippen molar-refractivity contribution in [1.82, 2.24) is 5.32 Å². The molecule has 2 heterocycles. The third-order valence-corrected chi connectivity index (χ3v) is 6.64. The molecule has 0 radical (unpaired) electrons. The summed E-state index contributed by atoms with van der Waals surface area (Å²) in [5.74, 6) is 1.28. The number of ether oxygens (including phenoxy) is 1. The second kappa shape index (κ2) is 7.54. The number of fused-ring (bicyclic) bond motifs is 1. The van der Waals surface area contributed by atoms with Crippen LogP contribution in [0.15, 0.2) is 53.4 Å². The van der Waals surface area contributed by atoms with Gasteiger partial charge in [0.05, 0.1) is 4.90 Å². The molecule has 1 saturated heterocycles. The van der Waals surface area contributed by atoms with Gasteiger partial charge in [0.2, 0.25) is 0 Å². The Bertz CT molecular complexity index is 965. The lowest BCUT2D eigenvalue weighted by molar-refractivity contribution is 0.351. The van der Waals surface area contributed by atoms with Crippen LogP contribution in [0.5, 0.6) is 5.75 Å². The van der Waals surface area contributed by atoms with E-state index in [1.807, 2.05) is 12.1 Å². The van der Waals surface area contributed by atoms with Gasteiger partial charge in [-0.15, -0.1) is 0 Å². The van der Waals surface area contributed by atoms with Crippen LogP contribution in [0.25, 0.3) is 5.57 Å². The Hall–Kier alpha value is -2.02. The van der Waals surface area contributed by atoms with Crippen LogP contribution >= 0.6 is 11.6 Å². The summed E-state index contributed by atoms with van der Waals surface area (Å²) in [6.45, 7) is 2.56. The van der Waals surface area contributed by atoms with E-state index in [9.17, 15) is 8.42 Å². The largest absolute Gasteiger partial charge is 0.489 e. The van der Waals surface area contributed by atoms with Gasteiger partial charge in [-0.25, -0.2) is 8.42 Å². The number of piperidine rings is 1. The summed E-state index contributed by atoms with van der Waals surface area (Å²) in [6, 6.07) is 11.6. The van der Waals surface area contributed by atoms with Gasteiger partial charge in [-0.05, 0) is 86.0 Å². The average Bonchev–Trinajstić information content (AvgIpc) is 2.68. The van der Waals surface area contributed by atoms with Gasteiger partial charge in [-0.2, -0.15) is 0 Å². The molecule has 2 N–H and O–H groups in total. The molecule has 0 unspecified atom stereocenters.